The van der Waals surface area contributed by atoms with Gasteiger partial charge in [-0.1, -0.05) is 5.16 Å². The van der Waals surface area contributed by atoms with E-state index in [1.54, 1.807) is 0 Å². The fraction of sp³-hybridized carbons (Fsp3) is 0.300. The molecule has 0 saturated carbocycles. The maximum Gasteiger partial charge on any atom is 0.225 e. The summed E-state index contributed by atoms with van der Waals surface area (Å²) < 4.78 is 4.92. The molecule has 5 heteroatoms. The number of nitrogens with two attached hydrogens (primary N) is 1. The summed E-state index contributed by atoms with van der Waals surface area (Å²) in [4.78, 5) is 0. The van der Waals surface area contributed by atoms with E-state index in [1.165, 1.54) is 0 Å². The zero-order chi connectivity index (χ0) is 11.0. The van der Waals surface area contributed by atoms with Crippen LogP contribution in [0, 0.1) is 20.8 Å². The lowest BCUT2D eigenvalue weighted by atomic mass is 10.1. The van der Waals surface area contributed by atoms with Crippen LogP contribution in [-0.2, 0) is 0 Å². The normalized spacial score (nSPS) is 10.6. The van der Waals surface area contributed by atoms with Crippen molar-refractivity contribution in [1.82, 2.24) is 15.4 Å². The molecule has 2 N–H and O–H groups in total. The lowest BCUT2D eigenvalue weighted by molar-refractivity contribution is 0.438. The average Bonchev–Trinajstić information content (AvgIpc) is 2.52. The number of nitrogen functional groups attached to an aromatic ring is 1. The third-order valence-corrected chi connectivity index (χ3v) is 2.32. The van der Waals surface area contributed by atoms with E-state index in [0.717, 1.165) is 28.2 Å². The number of anilines is 1. The van der Waals surface area contributed by atoms with E-state index < -0.39 is 0 Å². The number of hydrogen-bond donors (Lipinski definition) is 1. The van der Waals surface area contributed by atoms with Crippen LogP contribution in [0.2, 0.25) is 0 Å². The van der Waals surface area contributed by atoms with Crippen molar-refractivity contribution in [3.8, 4) is 11.3 Å². The molecule has 0 radical (unpaired) electrons. The lowest BCUT2D eigenvalue weighted by Crippen LogP contribution is -1.95. The predicted molar refractivity (Wildman–Crippen MR) is 56.2 cm³/mol. The molecule has 0 spiro atoms. The highest BCUT2D eigenvalue weighted by Crippen LogP contribution is 2.27. The molecule has 78 valence electrons. The van der Waals surface area contributed by atoms with E-state index in [-0.39, 0.29) is 0 Å². The summed E-state index contributed by atoms with van der Waals surface area (Å²) in [6, 6.07) is 1.92. The Hall–Kier alpha value is -1.91. The molecular weight excluding hydrogens is 192 g/mol. The number of aryl methyl sites for hydroxylation is 2. The molecule has 0 aliphatic carbocycles. The van der Waals surface area contributed by atoms with Crippen LogP contribution in [0.5, 0.6) is 0 Å². The Labute approximate surface area is 87.3 Å². The van der Waals surface area contributed by atoms with Gasteiger partial charge < -0.3 is 10.3 Å². The third-order valence-electron chi connectivity index (χ3n) is 2.32. The summed E-state index contributed by atoms with van der Waals surface area (Å²) >= 11 is 0. The van der Waals surface area contributed by atoms with Gasteiger partial charge in [0.05, 0.1) is 11.4 Å². The Morgan fingerprint density at radius 2 is 1.93 bits per heavy atom. The standard InChI is InChI=1S/C10H12N4O/c1-5-4-8(7(3)13-12-5)9-6(2)10(11)15-14-9/h4H,11H2,1-3H3. The molecular formula is C10H12N4O. The molecule has 0 bridgehead atoms. The van der Waals surface area contributed by atoms with Crippen LogP contribution in [0.25, 0.3) is 11.3 Å². The minimum absolute atomic E-state index is 0.346. The van der Waals surface area contributed by atoms with Gasteiger partial charge >= 0.3 is 0 Å². The van der Waals surface area contributed by atoms with Crippen molar-refractivity contribution in [3.05, 3.63) is 23.0 Å². The number of nitrogens with zero attached hydrogens (tertiary/aromatic N) is 3. The van der Waals surface area contributed by atoms with Crippen LogP contribution < -0.4 is 5.73 Å². The first-order chi connectivity index (χ1) is 7.09. The van der Waals surface area contributed by atoms with Gasteiger partial charge in [-0.15, -0.1) is 0 Å². The molecule has 0 fully saturated rings. The highest BCUT2D eigenvalue weighted by molar-refractivity contribution is 5.68. The first kappa shape index (κ1) is 9.64. The van der Waals surface area contributed by atoms with E-state index in [4.69, 9.17) is 10.3 Å². The van der Waals surface area contributed by atoms with Gasteiger partial charge in [0.2, 0.25) is 5.88 Å². The minimum atomic E-state index is 0.346. The van der Waals surface area contributed by atoms with Gasteiger partial charge in [-0.05, 0) is 26.8 Å². The molecule has 0 aliphatic rings. The van der Waals surface area contributed by atoms with Crippen LogP contribution >= 0.6 is 0 Å². The second-order valence-corrected chi connectivity index (χ2v) is 3.51. The van der Waals surface area contributed by atoms with Gasteiger partial charge in [-0.3, -0.25) is 0 Å². The number of aromatic nitrogens is 3. The van der Waals surface area contributed by atoms with Gasteiger partial charge in [0.1, 0.15) is 5.69 Å². The Bertz CT molecular complexity index is 504. The summed E-state index contributed by atoms with van der Waals surface area (Å²) in [7, 11) is 0. The molecule has 2 heterocycles. The Balaban J connectivity index is 2.63. The molecule has 2 aromatic rings. The topological polar surface area (TPSA) is 77.8 Å². The Kier molecular flexibility index (Phi) is 2.15. The second kappa shape index (κ2) is 3.34. The fourth-order valence-corrected chi connectivity index (χ4v) is 1.39. The summed E-state index contributed by atoms with van der Waals surface area (Å²) in [5.41, 5.74) is 9.76. The van der Waals surface area contributed by atoms with Crippen LogP contribution in [0.4, 0.5) is 5.88 Å². The van der Waals surface area contributed by atoms with Gasteiger partial charge in [0.25, 0.3) is 0 Å². The van der Waals surface area contributed by atoms with Crippen molar-refractivity contribution in [3.63, 3.8) is 0 Å². The summed E-state index contributed by atoms with van der Waals surface area (Å²) in [6.07, 6.45) is 0. The third kappa shape index (κ3) is 1.56. The highest BCUT2D eigenvalue weighted by atomic mass is 16.5. The minimum Gasteiger partial charge on any atom is -0.367 e. The zero-order valence-electron chi connectivity index (χ0n) is 8.90. The molecule has 0 atom stereocenters. The number of hydrogen-bond acceptors (Lipinski definition) is 5. The van der Waals surface area contributed by atoms with E-state index >= 15 is 0 Å². The maximum absolute atomic E-state index is 5.60. The Morgan fingerprint density at radius 1 is 1.20 bits per heavy atom. The zero-order valence-corrected chi connectivity index (χ0v) is 8.90. The van der Waals surface area contributed by atoms with Gasteiger partial charge in [-0.25, -0.2) is 0 Å². The van der Waals surface area contributed by atoms with Gasteiger partial charge in [0, 0.05) is 11.1 Å². The monoisotopic (exact) mass is 204 g/mol. The van der Waals surface area contributed by atoms with Gasteiger partial charge in [-0.2, -0.15) is 10.2 Å². The van der Waals surface area contributed by atoms with Crippen LogP contribution in [-0.4, -0.2) is 15.4 Å². The second-order valence-electron chi connectivity index (χ2n) is 3.51. The quantitative estimate of drug-likeness (QED) is 0.763. The molecule has 2 rings (SSSR count). The van der Waals surface area contributed by atoms with Crippen molar-refractivity contribution in [2.24, 2.45) is 0 Å². The van der Waals surface area contributed by atoms with Crippen molar-refractivity contribution >= 4 is 5.88 Å². The Morgan fingerprint density at radius 3 is 2.53 bits per heavy atom. The molecule has 5 nitrogen and oxygen atoms in total. The van der Waals surface area contributed by atoms with Crippen LogP contribution in [0.1, 0.15) is 17.0 Å². The molecule has 2 aromatic heterocycles. The SMILES string of the molecule is Cc1cc(-c2noc(N)c2C)c(C)nn1. The predicted octanol–water partition coefficient (Wildman–Crippen LogP) is 1.64. The van der Waals surface area contributed by atoms with Crippen molar-refractivity contribution < 1.29 is 4.52 Å². The smallest absolute Gasteiger partial charge is 0.225 e. The largest absolute Gasteiger partial charge is 0.367 e. The molecule has 0 aromatic carbocycles. The molecule has 0 saturated heterocycles. The van der Waals surface area contributed by atoms with Crippen LogP contribution in [0.3, 0.4) is 0 Å². The summed E-state index contributed by atoms with van der Waals surface area (Å²) in [5.74, 6) is 0.346. The first-order valence-corrected chi connectivity index (χ1v) is 4.62. The summed E-state index contributed by atoms with van der Waals surface area (Å²) in [5, 5.41) is 11.9. The molecule has 0 unspecified atom stereocenters. The van der Waals surface area contributed by atoms with Gasteiger partial charge in [0.15, 0.2) is 0 Å². The first-order valence-electron chi connectivity index (χ1n) is 4.62. The fourth-order valence-electron chi connectivity index (χ4n) is 1.39. The van der Waals surface area contributed by atoms with E-state index in [9.17, 15) is 0 Å². The van der Waals surface area contributed by atoms with Crippen molar-refractivity contribution in [2.45, 2.75) is 20.8 Å². The molecule has 0 aliphatic heterocycles. The summed E-state index contributed by atoms with van der Waals surface area (Å²) in [6.45, 7) is 5.64. The molecule has 15 heavy (non-hydrogen) atoms. The van der Waals surface area contributed by atoms with E-state index in [1.807, 2.05) is 26.8 Å². The maximum atomic E-state index is 5.60. The van der Waals surface area contributed by atoms with E-state index in [2.05, 4.69) is 15.4 Å². The molecule has 0 amide bonds. The average molecular weight is 204 g/mol. The van der Waals surface area contributed by atoms with Crippen LogP contribution in [0.15, 0.2) is 10.6 Å². The van der Waals surface area contributed by atoms with Crippen molar-refractivity contribution in [2.75, 3.05) is 5.73 Å². The number of rotatable bonds is 1. The van der Waals surface area contributed by atoms with E-state index in [0.29, 0.717) is 5.88 Å². The van der Waals surface area contributed by atoms with Crippen molar-refractivity contribution in [1.29, 1.82) is 0 Å². The highest BCUT2D eigenvalue weighted by Gasteiger charge is 2.14. The lowest BCUT2D eigenvalue weighted by Gasteiger charge is -2.01.